The average molecular weight is 268 g/mol. The van der Waals surface area contributed by atoms with Crippen molar-refractivity contribution in [1.29, 1.82) is 0 Å². The lowest BCUT2D eigenvalue weighted by atomic mass is 9.82. The highest BCUT2D eigenvalue weighted by molar-refractivity contribution is 6.31. The van der Waals surface area contributed by atoms with Gasteiger partial charge in [0.2, 0.25) is 0 Å². The lowest BCUT2D eigenvalue weighted by Gasteiger charge is -2.37. The molecule has 18 heavy (non-hydrogen) atoms. The molecule has 1 unspecified atom stereocenters. The van der Waals surface area contributed by atoms with E-state index in [9.17, 15) is 9.90 Å². The first kappa shape index (κ1) is 13.4. The second kappa shape index (κ2) is 5.29. The van der Waals surface area contributed by atoms with Gasteiger partial charge in [0.1, 0.15) is 0 Å². The molecule has 1 heterocycles. The highest BCUT2D eigenvalue weighted by Crippen LogP contribution is 2.31. The lowest BCUT2D eigenvalue weighted by Crippen LogP contribution is -2.45. The van der Waals surface area contributed by atoms with Gasteiger partial charge in [0.25, 0.3) is 0 Å². The third-order valence-electron chi connectivity index (χ3n) is 3.64. The van der Waals surface area contributed by atoms with Gasteiger partial charge in [-0.05, 0) is 37.9 Å². The van der Waals surface area contributed by atoms with E-state index in [4.69, 9.17) is 11.6 Å². The van der Waals surface area contributed by atoms with E-state index >= 15 is 0 Å². The van der Waals surface area contributed by atoms with E-state index in [0.29, 0.717) is 6.54 Å². The summed E-state index contributed by atoms with van der Waals surface area (Å²) in [5.41, 5.74) is 0.438. The Kier molecular flexibility index (Phi) is 3.93. The van der Waals surface area contributed by atoms with Crippen LogP contribution in [0.5, 0.6) is 0 Å². The Morgan fingerprint density at radius 3 is 2.89 bits per heavy atom. The summed E-state index contributed by atoms with van der Waals surface area (Å²) in [6.45, 7) is 4.08. The highest BCUT2D eigenvalue weighted by atomic mass is 35.5. The second-order valence-corrected chi connectivity index (χ2v) is 5.68. The van der Waals surface area contributed by atoms with Crippen LogP contribution in [0.25, 0.3) is 0 Å². The zero-order chi connectivity index (χ0) is 13.2. The Balaban J connectivity index is 2.07. The summed E-state index contributed by atoms with van der Waals surface area (Å²) < 4.78 is 0. The summed E-state index contributed by atoms with van der Waals surface area (Å²) in [5.74, 6) is -0.702. The average Bonchev–Trinajstić information content (AvgIpc) is 2.32. The van der Waals surface area contributed by atoms with Crippen molar-refractivity contribution in [2.24, 2.45) is 5.41 Å². The summed E-state index contributed by atoms with van der Waals surface area (Å²) in [6, 6.07) is 7.73. The van der Waals surface area contributed by atoms with E-state index in [1.807, 2.05) is 31.2 Å². The predicted octanol–water partition coefficient (Wildman–Crippen LogP) is 3.03. The zero-order valence-electron chi connectivity index (χ0n) is 10.5. The molecule has 1 atom stereocenters. The molecule has 1 aromatic carbocycles. The maximum atomic E-state index is 11.3. The molecule has 0 aromatic heterocycles. The van der Waals surface area contributed by atoms with Crippen LogP contribution in [0.15, 0.2) is 24.3 Å². The van der Waals surface area contributed by atoms with Crippen molar-refractivity contribution in [2.75, 3.05) is 13.1 Å². The van der Waals surface area contributed by atoms with Gasteiger partial charge in [-0.3, -0.25) is 9.69 Å². The number of hydrogen-bond acceptors (Lipinski definition) is 2. The van der Waals surface area contributed by atoms with Crippen molar-refractivity contribution in [3.63, 3.8) is 0 Å². The summed E-state index contributed by atoms with van der Waals surface area (Å²) in [7, 11) is 0. The Labute approximate surface area is 112 Å². The monoisotopic (exact) mass is 267 g/mol. The quantitative estimate of drug-likeness (QED) is 0.915. The van der Waals surface area contributed by atoms with Crippen molar-refractivity contribution >= 4 is 17.6 Å². The van der Waals surface area contributed by atoms with Gasteiger partial charge in [0.05, 0.1) is 5.41 Å². The van der Waals surface area contributed by atoms with Crippen LogP contribution < -0.4 is 0 Å². The highest BCUT2D eigenvalue weighted by Gasteiger charge is 2.37. The van der Waals surface area contributed by atoms with Gasteiger partial charge in [-0.2, -0.15) is 0 Å². The summed E-state index contributed by atoms with van der Waals surface area (Å²) in [5, 5.41) is 10.0. The fraction of sp³-hybridized carbons (Fsp3) is 0.500. The number of carboxylic acids is 1. The van der Waals surface area contributed by atoms with Crippen LogP contribution in [-0.2, 0) is 11.3 Å². The third-order valence-corrected chi connectivity index (χ3v) is 4.01. The number of carboxylic acid groups (broad SMARTS) is 1. The zero-order valence-corrected chi connectivity index (χ0v) is 11.3. The largest absolute Gasteiger partial charge is 0.481 e. The normalized spacial score (nSPS) is 25.0. The number of hydrogen-bond donors (Lipinski definition) is 1. The van der Waals surface area contributed by atoms with Gasteiger partial charge in [-0.1, -0.05) is 29.8 Å². The van der Waals surface area contributed by atoms with Crippen LogP contribution in [0.3, 0.4) is 0 Å². The molecule has 1 saturated heterocycles. The third kappa shape index (κ3) is 2.85. The summed E-state index contributed by atoms with van der Waals surface area (Å²) in [4.78, 5) is 13.5. The summed E-state index contributed by atoms with van der Waals surface area (Å²) in [6.07, 6.45) is 1.68. The Bertz CT molecular complexity index is 449. The van der Waals surface area contributed by atoms with E-state index < -0.39 is 11.4 Å². The number of nitrogens with zero attached hydrogens (tertiary/aromatic N) is 1. The first-order chi connectivity index (χ1) is 8.51. The standard InChI is InChI=1S/C14H18ClNO2/c1-14(13(17)18)7-4-8-16(10-14)9-11-5-2-3-6-12(11)15/h2-3,5-6H,4,7-10H2,1H3,(H,17,18). The Hall–Kier alpha value is -1.06. The molecule has 1 fully saturated rings. The number of likely N-dealkylation sites (tertiary alicyclic amines) is 1. The van der Waals surface area contributed by atoms with E-state index in [1.165, 1.54) is 0 Å². The molecule has 0 bridgehead atoms. The van der Waals surface area contributed by atoms with Gasteiger partial charge < -0.3 is 5.11 Å². The number of aliphatic carboxylic acids is 1. The van der Waals surface area contributed by atoms with Crippen LogP contribution in [-0.4, -0.2) is 29.1 Å². The van der Waals surface area contributed by atoms with Crippen LogP contribution in [0, 0.1) is 5.41 Å². The molecule has 1 N–H and O–H groups in total. The molecule has 1 aliphatic rings. The number of piperidine rings is 1. The number of halogens is 1. The van der Waals surface area contributed by atoms with Crippen molar-refractivity contribution in [3.05, 3.63) is 34.9 Å². The van der Waals surface area contributed by atoms with Gasteiger partial charge in [-0.25, -0.2) is 0 Å². The Morgan fingerprint density at radius 1 is 1.50 bits per heavy atom. The van der Waals surface area contributed by atoms with Gasteiger partial charge >= 0.3 is 5.97 Å². The van der Waals surface area contributed by atoms with Crippen LogP contribution >= 0.6 is 11.6 Å². The minimum atomic E-state index is -0.702. The van der Waals surface area contributed by atoms with Crippen molar-refractivity contribution in [1.82, 2.24) is 4.90 Å². The molecule has 3 nitrogen and oxygen atoms in total. The molecule has 0 aliphatic carbocycles. The molecule has 2 rings (SSSR count). The molecule has 0 spiro atoms. The summed E-state index contributed by atoms with van der Waals surface area (Å²) >= 11 is 6.13. The predicted molar refractivity (Wildman–Crippen MR) is 71.7 cm³/mol. The SMILES string of the molecule is CC1(C(=O)O)CCCN(Cc2ccccc2Cl)C1. The van der Waals surface area contributed by atoms with E-state index in [1.54, 1.807) is 0 Å². The number of rotatable bonds is 3. The van der Waals surface area contributed by atoms with E-state index in [0.717, 1.165) is 36.5 Å². The topological polar surface area (TPSA) is 40.5 Å². The molecule has 0 radical (unpaired) electrons. The minimum Gasteiger partial charge on any atom is -0.481 e. The van der Waals surface area contributed by atoms with Gasteiger partial charge in [-0.15, -0.1) is 0 Å². The van der Waals surface area contributed by atoms with Gasteiger partial charge in [0.15, 0.2) is 0 Å². The van der Waals surface area contributed by atoms with Crippen molar-refractivity contribution in [3.8, 4) is 0 Å². The van der Waals surface area contributed by atoms with Crippen LogP contribution in [0.2, 0.25) is 5.02 Å². The molecule has 1 aliphatic heterocycles. The first-order valence-electron chi connectivity index (χ1n) is 6.20. The molecule has 4 heteroatoms. The van der Waals surface area contributed by atoms with Crippen LogP contribution in [0.4, 0.5) is 0 Å². The number of carbonyl (C=O) groups is 1. The fourth-order valence-electron chi connectivity index (χ4n) is 2.52. The number of benzene rings is 1. The second-order valence-electron chi connectivity index (χ2n) is 5.27. The smallest absolute Gasteiger partial charge is 0.310 e. The molecular weight excluding hydrogens is 250 g/mol. The molecule has 1 aromatic rings. The van der Waals surface area contributed by atoms with Crippen molar-refractivity contribution < 1.29 is 9.90 Å². The van der Waals surface area contributed by atoms with Crippen LogP contribution in [0.1, 0.15) is 25.3 Å². The van der Waals surface area contributed by atoms with Crippen molar-refractivity contribution in [2.45, 2.75) is 26.3 Å². The van der Waals surface area contributed by atoms with E-state index in [2.05, 4.69) is 4.90 Å². The molecule has 0 saturated carbocycles. The maximum Gasteiger partial charge on any atom is 0.310 e. The first-order valence-corrected chi connectivity index (χ1v) is 6.58. The maximum absolute atomic E-state index is 11.3. The molecule has 0 amide bonds. The molecular formula is C14H18ClNO2. The fourth-order valence-corrected chi connectivity index (χ4v) is 2.72. The minimum absolute atomic E-state index is 0.591. The molecule has 98 valence electrons. The lowest BCUT2D eigenvalue weighted by molar-refractivity contribution is -0.151. The van der Waals surface area contributed by atoms with Gasteiger partial charge in [0, 0.05) is 18.1 Å². The van der Waals surface area contributed by atoms with E-state index in [-0.39, 0.29) is 0 Å². The Morgan fingerprint density at radius 2 is 2.22 bits per heavy atom.